The van der Waals surface area contributed by atoms with E-state index >= 15 is 0 Å². The Hall–Kier alpha value is -3.43. The van der Waals surface area contributed by atoms with Crippen molar-refractivity contribution < 1.29 is 17.5 Å². The summed E-state index contributed by atoms with van der Waals surface area (Å²) >= 11 is 0. The van der Waals surface area contributed by atoms with Gasteiger partial charge in [-0.3, -0.25) is 0 Å². The zero-order valence-electron chi connectivity index (χ0n) is 14.7. The standard InChI is InChI=1S/C22H16FNO3S/c23-19-10-12-20(13-11-19)28(25,26)21(15-24)14-18-8-4-5-9-22(18)27-16-17-6-2-1-3-7-17/h1-14H,16H2/b21-14+. The number of ether oxygens (including phenoxy) is 1. The van der Waals surface area contributed by atoms with Crippen molar-refractivity contribution in [3.8, 4) is 11.8 Å². The molecule has 3 aromatic carbocycles. The van der Waals surface area contributed by atoms with E-state index in [1.54, 1.807) is 30.3 Å². The Morgan fingerprint density at radius 3 is 2.29 bits per heavy atom. The molecule has 0 fully saturated rings. The first kappa shape index (κ1) is 19.3. The first-order chi connectivity index (χ1) is 13.5. The molecule has 0 spiro atoms. The van der Waals surface area contributed by atoms with Crippen LogP contribution in [0.4, 0.5) is 4.39 Å². The summed E-state index contributed by atoms with van der Waals surface area (Å²) in [6.07, 6.45) is 1.26. The SMILES string of the molecule is N#C/C(=C\c1ccccc1OCc1ccccc1)S(=O)(=O)c1ccc(F)cc1. The van der Waals surface area contributed by atoms with E-state index < -0.39 is 20.6 Å². The molecular formula is C22H16FNO3S. The lowest BCUT2D eigenvalue weighted by Crippen LogP contribution is -2.04. The summed E-state index contributed by atoms with van der Waals surface area (Å²) in [5.41, 5.74) is 1.42. The molecule has 0 heterocycles. The van der Waals surface area contributed by atoms with Crippen molar-refractivity contribution in [3.05, 3.63) is 101 Å². The summed E-state index contributed by atoms with van der Waals surface area (Å²) < 4.78 is 44.3. The summed E-state index contributed by atoms with van der Waals surface area (Å²) in [5, 5.41) is 9.43. The average Bonchev–Trinajstić information content (AvgIpc) is 2.72. The van der Waals surface area contributed by atoms with Gasteiger partial charge in [-0.1, -0.05) is 48.5 Å². The molecule has 0 atom stereocenters. The number of nitrogens with zero attached hydrogens (tertiary/aromatic N) is 1. The molecule has 0 bridgehead atoms. The van der Waals surface area contributed by atoms with Crippen LogP contribution < -0.4 is 4.74 Å². The Balaban J connectivity index is 1.93. The van der Waals surface area contributed by atoms with Gasteiger partial charge in [-0.2, -0.15) is 5.26 Å². The lowest BCUT2D eigenvalue weighted by Gasteiger charge is -2.10. The minimum absolute atomic E-state index is 0.149. The van der Waals surface area contributed by atoms with Crippen LogP contribution in [-0.2, 0) is 16.4 Å². The molecule has 28 heavy (non-hydrogen) atoms. The van der Waals surface area contributed by atoms with E-state index in [4.69, 9.17) is 4.74 Å². The second kappa shape index (κ2) is 8.51. The summed E-state index contributed by atoms with van der Waals surface area (Å²) in [7, 11) is -4.07. The first-order valence-corrected chi connectivity index (χ1v) is 9.87. The van der Waals surface area contributed by atoms with E-state index in [1.807, 2.05) is 30.3 Å². The Kier molecular flexibility index (Phi) is 5.87. The quantitative estimate of drug-likeness (QED) is 0.448. The van der Waals surface area contributed by atoms with Crippen molar-refractivity contribution in [1.82, 2.24) is 0 Å². The predicted octanol–water partition coefficient (Wildman–Crippen LogP) is 4.74. The number of rotatable bonds is 6. The largest absolute Gasteiger partial charge is 0.488 e. The molecular weight excluding hydrogens is 377 g/mol. The Labute approximate surface area is 163 Å². The van der Waals surface area contributed by atoms with Gasteiger partial charge in [-0.15, -0.1) is 0 Å². The van der Waals surface area contributed by atoms with E-state index in [1.165, 1.54) is 6.08 Å². The maximum absolute atomic E-state index is 13.1. The fourth-order valence-electron chi connectivity index (χ4n) is 2.52. The molecule has 0 radical (unpaired) electrons. The maximum atomic E-state index is 13.1. The Morgan fingerprint density at radius 2 is 1.61 bits per heavy atom. The van der Waals surface area contributed by atoms with Gasteiger partial charge in [0.15, 0.2) is 0 Å². The van der Waals surface area contributed by atoms with Crippen molar-refractivity contribution in [1.29, 1.82) is 5.26 Å². The highest BCUT2D eigenvalue weighted by Gasteiger charge is 2.21. The highest BCUT2D eigenvalue weighted by atomic mass is 32.2. The molecule has 0 saturated carbocycles. The Morgan fingerprint density at radius 1 is 0.964 bits per heavy atom. The molecule has 0 aliphatic heterocycles. The molecule has 0 aliphatic rings. The smallest absolute Gasteiger partial charge is 0.216 e. The van der Waals surface area contributed by atoms with E-state index in [2.05, 4.69) is 0 Å². The fourth-order valence-corrected chi connectivity index (χ4v) is 3.67. The molecule has 140 valence electrons. The Bertz CT molecular complexity index is 1130. The molecule has 3 rings (SSSR count). The molecule has 3 aromatic rings. The summed E-state index contributed by atoms with van der Waals surface area (Å²) in [4.78, 5) is -0.598. The monoisotopic (exact) mass is 393 g/mol. The van der Waals surface area contributed by atoms with E-state index in [-0.39, 0.29) is 4.90 Å². The van der Waals surface area contributed by atoms with Gasteiger partial charge in [0.1, 0.15) is 29.1 Å². The number of allylic oxidation sites excluding steroid dienone is 1. The number of halogens is 1. The van der Waals surface area contributed by atoms with Crippen LogP contribution in [0.3, 0.4) is 0 Å². The van der Waals surface area contributed by atoms with Crippen LogP contribution in [0.2, 0.25) is 0 Å². The van der Waals surface area contributed by atoms with E-state index in [9.17, 15) is 18.1 Å². The zero-order valence-corrected chi connectivity index (χ0v) is 15.6. The normalized spacial score (nSPS) is 11.6. The lowest BCUT2D eigenvalue weighted by atomic mass is 10.2. The topological polar surface area (TPSA) is 67.2 Å². The van der Waals surface area contributed by atoms with Crippen LogP contribution in [0.25, 0.3) is 6.08 Å². The minimum atomic E-state index is -4.07. The highest BCUT2D eigenvalue weighted by Crippen LogP contribution is 2.26. The summed E-state index contributed by atoms with van der Waals surface area (Å²) in [5.74, 6) is -0.102. The summed E-state index contributed by atoms with van der Waals surface area (Å²) in [6.45, 7) is 0.304. The maximum Gasteiger partial charge on any atom is 0.216 e. The number of nitriles is 1. The van der Waals surface area contributed by atoms with Crippen molar-refractivity contribution in [2.45, 2.75) is 11.5 Å². The van der Waals surface area contributed by atoms with Crippen LogP contribution in [-0.4, -0.2) is 8.42 Å². The number of hydrogen-bond acceptors (Lipinski definition) is 4. The number of hydrogen-bond donors (Lipinski definition) is 0. The molecule has 0 saturated heterocycles. The van der Waals surface area contributed by atoms with Gasteiger partial charge in [-0.25, -0.2) is 12.8 Å². The molecule has 0 aliphatic carbocycles. The van der Waals surface area contributed by atoms with E-state index in [0.29, 0.717) is 17.9 Å². The number of benzene rings is 3. The van der Waals surface area contributed by atoms with Crippen molar-refractivity contribution in [2.75, 3.05) is 0 Å². The molecule has 0 unspecified atom stereocenters. The molecule has 0 N–H and O–H groups in total. The minimum Gasteiger partial charge on any atom is -0.488 e. The highest BCUT2D eigenvalue weighted by molar-refractivity contribution is 7.95. The third kappa shape index (κ3) is 4.45. The number of para-hydroxylation sites is 1. The third-order valence-corrected chi connectivity index (χ3v) is 5.65. The van der Waals surface area contributed by atoms with Crippen molar-refractivity contribution >= 4 is 15.9 Å². The van der Waals surface area contributed by atoms with Crippen molar-refractivity contribution in [3.63, 3.8) is 0 Å². The van der Waals surface area contributed by atoms with Gasteiger partial charge in [0.05, 0.1) is 4.90 Å². The van der Waals surface area contributed by atoms with Gasteiger partial charge < -0.3 is 4.74 Å². The van der Waals surface area contributed by atoms with Gasteiger partial charge in [-0.05, 0) is 42.0 Å². The molecule has 0 amide bonds. The zero-order chi connectivity index (χ0) is 20.0. The molecule has 4 nitrogen and oxygen atoms in total. The second-order valence-corrected chi connectivity index (χ2v) is 7.81. The van der Waals surface area contributed by atoms with Crippen LogP contribution in [0, 0.1) is 17.1 Å². The van der Waals surface area contributed by atoms with Crippen molar-refractivity contribution in [2.24, 2.45) is 0 Å². The lowest BCUT2D eigenvalue weighted by molar-refractivity contribution is 0.305. The second-order valence-electron chi connectivity index (χ2n) is 5.89. The fraction of sp³-hybridized carbons (Fsp3) is 0.0455. The van der Waals surface area contributed by atoms with E-state index in [0.717, 1.165) is 29.8 Å². The third-order valence-electron chi connectivity index (χ3n) is 3.97. The van der Waals surface area contributed by atoms with Crippen LogP contribution in [0.5, 0.6) is 5.75 Å². The average molecular weight is 393 g/mol. The van der Waals surface area contributed by atoms with Gasteiger partial charge in [0, 0.05) is 5.56 Å². The van der Waals surface area contributed by atoms with Crippen LogP contribution in [0.15, 0.2) is 88.7 Å². The predicted molar refractivity (Wildman–Crippen MR) is 104 cm³/mol. The molecule has 0 aromatic heterocycles. The van der Waals surface area contributed by atoms with Crippen LogP contribution >= 0.6 is 0 Å². The first-order valence-electron chi connectivity index (χ1n) is 8.39. The van der Waals surface area contributed by atoms with Gasteiger partial charge in [0.25, 0.3) is 0 Å². The van der Waals surface area contributed by atoms with Gasteiger partial charge in [0.2, 0.25) is 9.84 Å². The molecule has 6 heteroatoms. The number of sulfone groups is 1. The van der Waals surface area contributed by atoms with Crippen LogP contribution in [0.1, 0.15) is 11.1 Å². The van der Waals surface area contributed by atoms with Gasteiger partial charge >= 0.3 is 0 Å². The summed E-state index contributed by atoms with van der Waals surface area (Å²) in [6, 6.07) is 22.5.